The lowest BCUT2D eigenvalue weighted by molar-refractivity contribution is -0.384. The summed E-state index contributed by atoms with van der Waals surface area (Å²) in [5.74, 6) is 1.92. The number of amides is 2. The number of nitro benzene ring substituents is 1. The number of nitrogens with zero attached hydrogens (tertiary/aromatic N) is 5. The number of non-ortho nitro benzene ring substituents is 1. The van der Waals surface area contributed by atoms with Crippen LogP contribution >= 0.6 is 0 Å². The molecular weight excluding hydrogens is 474 g/mol. The lowest BCUT2D eigenvalue weighted by atomic mass is 10.1. The molecule has 11 nitrogen and oxygen atoms in total. The smallest absolute Gasteiger partial charge is 0.269 e. The minimum absolute atomic E-state index is 0.00788. The summed E-state index contributed by atoms with van der Waals surface area (Å²) in [6.45, 7) is 4.79. The number of hydrogen-bond donors (Lipinski definition) is 2. The van der Waals surface area contributed by atoms with E-state index in [2.05, 4.69) is 20.5 Å². The average Bonchev–Trinajstić information content (AvgIpc) is 2.92. The molecule has 1 aliphatic rings. The van der Waals surface area contributed by atoms with E-state index in [4.69, 9.17) is 4.98 Å². The topological polar surface area (TPSA) is 134 Å². The van der Waals surface area contributed by atoms with Crippen LogP contribution in [-0.2, 0) is 16.0 Å². The second kappa shape index (κ2) is 11.9. The molecule has 37 heavy (non-hydrogen) atoms. The van der Waals surface area contributed by atoms with Crippen LogP contribution in [0, 0.1) is 10.1 Å². The molecule has 1 aliphatic heterocycles. The molecule has 2 aromatic carbocycles. The lowest BCUT2D eigenvalue weighted by Crippen LogP contribution is -2.49. The van der Waals surface area contributed by atoms with Crippen molar-refractivity contribution in [3.05, 3.63) is 76.3 Å². The summed E-state index contributed by atoms with van der Waals surface area (Å²) in [5, 5.41) is 16.9. The van der Waals surface area contributed by atoms with Crippen LogP contribution < -0.4 is 15.5 Å². The van der Waals surface area contributed by atoms with Gasteiger partial charge in [-0.05, 0) is 5.56 Å². The molecule has 192 valence electrons. The Kier molecular flexibility index (Phi) is 8.24. The first kappa shape index (κ1) is 25.5. The summed E-state index contributed by atoms with van der Waals surface area (Å²) >= 11 is 0. The van der Waals surface area contributed by atoms with Gasteiger partial charge in [-0.25, -0.2) is 9.97 Å². The van der Waals surface area contributed by atoms with Gasteiger partial charge >= 0.3 is 0 Å². The molecule has 0 unspecified atom stereocenters. The van der Waals surface area contributed by atoms with Gasteiger partial charge in [0.1, 0.15) is 11.6 Å². The molecule has 1 aromatic heterocycles. The van der Waals surface area contributed by atoms with Crippen LogP contribution in [0.3, 0.4) is 0 Å². The average molecular weight is 504 g/mol. The van der Waals surface area contributed by atoms with Crippen molar-refractivity contribution in [1.82, 2.24) is 20.2 Å². The van der Waals surface area contributed by atoms with Crippen LogP contribution in [0.5, 0.6) is 0 Å². The van der Waals surface area contributed by atoms with Gasteiger partial charge in [-0.1, -0.05) is 42.5 Å². The third-order valence-electron chi connectivity index (χ3n) is 6.01. The van der Waals surface area contributed by atoms with Crippen molar-refractivity contribution in [2.24, 2.45) is 0 Å². The summed E-state index contributed by atoms with van der Waals surface area (Å²) in [4.78, 5) is 47.7. The highest BCUT2D eigenvalue weighted by molar-refractivity contribution is 5.79. The fourth-order valence-electron chi connectivity index (χ4n) is 4.04. The van der Waals surface area contributed by atoms with Crippen LogP contribution in [-0.4, -0.2) is 70.9 Å². The predicted octanol–water partition coefficient (Wildman–Crippen LogP) is 2.49. The standard InChI is InChI=1S/C26H29N7O4/c1-19(34)27-11-12-28-23-18-24(30-26(29-23)21-5-3-2-4-6-21)31-13-15-32(16-14-31)25(35)17-20-7-9-22(10-8-20)33(36)37/h2-10,18H,11-17H2,1H3,(H,27,34)(H,28,29,30). The van der Waals surface area contributed by atoms with Gasteiger partial charge in [0.15, 0.2) is 5.82 Å². The highest BCUT2D eigenvalue weighted by Gasteiger charge is 2.23. The number of anilines is 2. The van der Waals surface area contributed by atoms with Crippen LogP contribution in [0.15, 0.2) is 60.7 Å². The molecule has 0 spiro atoms. The molecule has 0 bridgehead atoms. The molecule has 3 aromatic rings. The summed E-state index contributed by atoms with van der Waals surface area (Å²) < 4.78 is 0. The van der Waals surface area contributed by atoms with Gasteiger partial charge in [-0.2, -0.15) is 0 Å². The second-order valence-corrected chi connectivity index (χ2v) is 8.68. The van der Waals surface area contributed by atoms with Crippen molar-refractivity contribution in [2.45, 2.75) is 13.3 Å². The van der Waals surface area contributed by atoms with Gasteiger partial charge in [0.25, 0.3) is 5.69 Å². The molecule has 2 amide bonds. The molecule has 2 N–H and O–H groups in total. The van der Waals surface area contributed by atoms with Crippen LogP contribution in [0.4, 0.5) is 17.3 Å². The summed E-state index contributed by atoms with van der Waals surface area (Å²) in [5.41, 5.74) is 1.65. The quantitative estimate of drug-likeness (QED) is 0.258. The first-order chi connectivity index (χ1) is 17.9. The van der Waals surface area contributed by atoms with E-state index in [1.54, 1.807) is 12.1 Å². The molecule has 0 atom stereocenters. The Labute approximate surface area is 214 Å². The first-order valence-corrected chi connectivity index (χ1v) is 12.1. The Hall–Kier alpha value is -4.54. The van der Waals surface area contributed by atoms with E-state index >= 15 is 0 Å². The van der Waals surface area contributed by atoms with Crippen molar-refractivity contribution in [1.29, 1.82) is 0 Å². The van der Waals surface area contributed by atoms with E-state index in [0.717, 1.165) is 16.9 Å². The molecule has 2 heterocycles. The number of piperazine rings is 1. The van der Waals surface area contributed by atoms with Gasteiger partial charge < -0.3 is 20.4 Å². The van der Waals surface area contributed by atoms with Gasteiger partial charge in [-0.3, -0.25) is 19.7 Å². The van der Waals surface area contributed by atoms with Gasteiger partial charge in [0, 0.05) is 70.0 Å². The molecule has 0 aliphatic carbocycles. The van der Waals surface area contributed by atoms with E-state index in [0.29, 0.717) is 50.9 Å². The number of carbonyl (C=O) groups is 2. The van der Waals surface area contributed by atoms with Gasteiger partial charge in [-0.15, -0.1) is 0 Å². The first-order valence-electron chi connectivity index (χ1n) is 12.1. The van der Waals surface area contributed by atoms with Crippen molar-refractivity contribution >= 4 is 29.1 Å². The molecular formula is C26H29N7O4. The van der Waals surface area contributed by atoms with Gasteiger partial charge in [0.05, 0.1) is 11.3 Å². The molecule has 4 rings (SSSR count). The number of benzene rings is 2. The van der Waals surface area contributed by atoms with Gasteiger partial charge in [0.2, 0.25) is 11.8 Å². The molecule has 1 fully saturated rings. The maximum atomic E-state index is 12.8. The highest BCUT2D eigenvalue weighted by Crippen LogP contribution is 2.23. The van der Waals surface area contributed by atoms with E-state index < -0.39 is 4.92 Å². The van der Waals surface area contributed by atoms with Crippen molar-refractivity contribution < 1.29 is 14.5 Å². The third kappa shape index (κ3) is 7.00. The fraction of sp³-hybridized carbons (Fsp3) is 0.308. The Morgan fingerprint density at radius 1 is 0.973 bits per heavy atom. The zero-order valence-electron chi connectivity index (χ0n) is 20.6. The minimum Gasteiger partial charge on any atom is -0.368 e. The number of aromatic nitrogens is 2. The predicted molar refractivity (Wildman–Crippen MR) is 140 cm³/mol. The van der Waals surface area contributed by atoms with Crippen LogP contribution in [0.2, 0.25) is 0 Å². The zero-order valence-corrected chi connectivity index (χ0v) is 20.6. The number of carbonyl (C=O) groups excluding carboxylic acids is 2. The number of nitrogens with one attached hydrogen (secondary N) is 2. The van der Waals surface area contributed by atoms with E-state index in [9.17, 15) is 19.7 Å². The van der Waals surface area contributed by atoms with E-state index in [1.807, 2.05) is 41.3 Å². The normalized spacial score (nSPS) is 13.2. The maximum Gasteiger partial charge on any atom is 0.269 e. The summed E-state index contributed by atoms with van der Waals surface area (Å²) in [6.07, 6.45) is 0.200. The van der Waals surface area contributed by atoms with Crippen LogP contribution in [0.1, 0.15) is 12.5 Å². The van der Waals surface area contributed by atoms with E-state index in [-0.39, 0.29) is 23.9 Å². The van der Waals surface area contributed by atoms with Crippen molar-refractivity contribution in [3.8, 4) is 11.4 Å². The summed E-state index contributed by atoms with van der Waals surface area (Å²) in [6, 6.07) is 17.7. The van der Waals surface area contributed by atoms with Crippen molar-refractivity contribution in [2.75, 3.05) is 49.5 Å². The maximum absolute atomic E-state index is 12.8. The Morgan fingerprint density at radius 3 is 2.32 bits per heavy atom. The SMILES string of the molecule is CC(=O)NCCNc1cc(N2CCN(C(=O)Cc3ccc([N+](=O)[O-])cc3)CC2)nc(-c2ccccc2)n1. The molecule has 11 heteroatoms. The molecule has 0 radical (unpaired) electrons. The Balaban J connectivity index is 1.41. The third-order valence-corrected chi connectivity index (χ3v) is 6.01. The number of hydrogen-bond acceptors (Lipinski definition) is 8. The summed E-state index contributed by atoms with van der Waals surface area (Å²) in [7, 11) is 0. The zero-order chi connectivity index (χ0) is 26.2. The van der Waals surface area contributed by atoms with Crippen LogP contribution in [0.25, 0.3) is 11.4 Å². The fourth-order valence-corrected chi connectivity index (χ4v) is 4.04. The molecule has 1 saturated heterocycles. The second-order valence-electron chi connectivity index (χ2n) is 8.68. The Bertz CT molecular complexity index is 1240. The monoisotopic (exact) mass is 503 g/mol. The largest absolute Gasteiger partial charge is 0.368 e. The number of nitro groups is 1. The van der Waals surface area contributed by atoms with E-state index in [1.165, 1.54) is 19.1 Å². The lowest BCUT2D eigenvalue weighted by Gasteiger charge is -2.35. The van der Waals surface area contributed by atoms with Crippen molar-refractivity contribution in [3.63, 3.8) is 0 Å². The highest BCUT2D eigenvalue weighted by atomic mass is 16.6. The minimum atomic E-state index is -0.453. The number of rotatable bonds is 9. The Morgan fingerprint density at radius 2 is 1.68 bits per heavy atom. The molecule has 0 saturated carbocycles.